The number of benzene rings is 1. The molecular weight excluding hydrogens is 245 g/mol. The van der Waals surface area contributed by atoms with Crippen LogP contribution < -0.4 is 16.0 Å². The number of para-hydroxylation sites is 1. The SMILES string of the molecule is Cc1cc(C)nc([NH+]=C(N)Nc2ccccc2F)n1. The summed E-state index contributed by atoms with van der Waals surface area (Å²) in [6.07, 6.45) is 0. The van der Waals surface area contributed by atoms with Gasteiger partial charge in [0.15, 0.2) is 5.82 Å². The number of aromatic nitrogens is 2. The van der Waals surface area contributed by atoms with Crippen LogP contribution in [0.2, 0.25) is 0 Å². The molecular formula is C13H15FN5+. The fourth-order valence-electron chi connectivity index (χ4n) is 1.64. The molecule has 5 nitrogen and oxygen atoms in total. The Bertz CT molecular complexity index is 604. The lowest BCUT2D eigenvalue weighted by Crippen LogP contribution is -2.72. The number of anilines is 1. The van der Waals surface area contributed by atoms with E-state index in [1.807, 2.05) is 19.9 Å². The van der Waals surface area contributed by atoms with Crippen molar-refractivity contribution in [2.45, 2.75) is 13.8 Å². The molecule has 0 radical (unpaired) electrons. The number of nitrogens with one attached hydrogen (secondary N) is 2. The Labute approximate surface area is 110 Å². The number of hydrogen-bond donors (Lipinski definition) is 3. The highest BCUT2D eigenvalue weighted by molar-refractivity contribution is 5.88. The van der Waals surface area contributed by atoms with Gasteiger partial charge < -0.3 is 5.73 Å². The number of nitrogens with zero attached hydrogens (tertiary/aromatic N) is 2. The molecule has 1 aromatic carbocycles. The number of halogens is 1. The standard InChI is InChI=1S/C13H14FN5/c1-8-7-9(2)17-13(16-8)19-12(15)18-11-6-4-3-5-10(11)14/h3-7H,1-2H3,(H3,15,16,17,18,19)/p+1. The third-order valence-electron chi connectivity index (χ3n) is 2.37. The number of guanidine groups is 1. The van der Waals surface area contributed by atoms with E-state index in [0.29, 0.717) is 5.95 Å². The van der Waals surface area contributed by atoms with Crippen LogP contribution in [0.3, 0.4) is 0 Å². The average molecular weight is 260 g/mol. The molecule has 0 bridgehead atoms. The maximum atomic E-state index is 13.4. The van der Waals surface area contributed by atoms with Crippen molar-refractivity contribution in [3.8, 4) is 0 Å². The van der Waals surface area contributed by atoms with Gasteiger partial charge in [-0.1, -0.05) is 12.1 Å². The molecule has 2 aromatic rings. The van der Waals surface area contributed by atoms with Crippen molar-refractivity contribution in [3.63, 3.8) is 0 Å². The largest absolute Gasteiger partial charge is 0.354 e. The van der Waals surface area contributed by atoms with Crippen LogP contribution in [0, 0.1) is 19.7 Å². The Morgan fingerprint density at radius 2 is 1.84 bits per heavy atom. The van der Waals surface area contributed by atoms with Gasteiger partial charge in [-0.05, 0) is 26.0 Å². The molecule has 0 saturated heterocycles. The molecule has 1 heterocycles. The van der Waals surface area contributed by atoms with E-state index in [9.17, 15) is 4.39 Å². The van der Waals surface area contributed by atoms with Crippen molar-refractivity contribution in [2.75, 3.05) is 5.32 Å². The minimum Gasteiger partial charge on any atom is -0.322 e. The van der Waals surface area contributed by atoms with Gasteiger partial charge in [-0.3, -0.25) is 5.32 Å². The van der Waals surface area contributed by atoms with E-state index in [4.69, 9.17) is 5.73 Å². The van der Waals surface area contributed by atoms with Crippen molar-refractivity contribution in [2.24, 2.45) is 5.73 Å². The predicted molar refractivity (Wildman–Crippen MR) is 71.3 cm³/mol. The summed E-state index contributed by atoms with van der Waals surface area (Å²) in [5.74, 6) is 0.155. The van der Waals surface area contributed by atoms with Gasteiger partial charge in [-0.25, -0.2) is 9.38 Å². The average Bonchev–Trinajstić information content (AvgIpc) is 2.30. The van der Waals surface area contributed by atoms with Crippen LogP contribution in [0.15, 0.2) is 30.3 Å². The molecule has 0 unspecified atom stereocenters. The first kappa shape index (κ1) is 12.9. The molecule has 98 valence electrons. The first-order valence-corrected chi connectivity index (χ1v) is 5.78. The fourth-order valence-corrected chi connectivity index (χ4v) is 1.64. The summed E-state index contributed by atoms with van der Waals surface area (Å²) in [7, 11) is 0. The van der Waals surface area contributed by atoms with E-state index in [1.165, 1.54) is 6.07 Å². The fraction of sp³-hybridized carbons (Fsp3) is 0.154. The third-order valence-corrected chi connectivity index (χ3v) is 2.37. The van der Waals surface area contributed by atoms with E-state index in [0.717, 1.165) is 11.4 Å². The van der Waals surface area contributed by atoms with Gasteiger partial charge in [0.2, 0.25) is 0 Å². The maximum Gasteiger partial charge on any atom is 0.354 e. The zero-order valence-electron chi connectivity index (χ0n) is 10.7. The lowest BCUT2D eigenvalue weighted by Gasteiger charge is -2.02. The predicted octanol–water partition coefficient (Wildman–Crippen LogP) is 0.371. The van der Waals surface area contributed by atoms with Crippen LogP contribution in [0.5, 0.6) is 0 Å². The summed E-state index contributed by atoms with van der Waals surface area (Å²) >= 11 is 0. The molecule has 1 aromatic heterocycles. The number of nitrogens with two attached hydrogens (primary N) is 1. The number of hydrogen-bond acceptors (Lipinski definition) is 2. The summed E-state index contributed by atoms with van der Waals surface area (Å²) in [5.41, 5.74) is 7.70. The summed E-state index contributed by atoms with van der Waals surface area (Å²) in [6, 6.07) is 8.12. The zero-order valence-corrected chi connectivity index (χ0v) is 10.7. The van der Waals surface area contributed by atoms with Crippen LogP contribution in [0.4, 0.5) is 16.0 Å². The van der Waals surface area contributed by atoms with E-state index in [1.54, 1.807) is 18.2 Å². The Kier molecular flexibility index (Phi) is 3.70. The van der Waals surface area contributed by atoms with E-state index in [2.05, 4.69) is 20.3 Å². The monoisotopic (exact) mass is 260 g/mol. The molecule has 2 rings (SSSR count). The Balaban J connectivity index is 2.22. The van der Waals surface area contributed by atoms with Gasteiger partial charge in [0.1, 0.15) is 5.69 Å². The molecule has 0 aliphatic heterocycles. The van der Waals surface area contributed by atoms with Crippen molar-refractivity contribution in [1.29, 1.82) is 0 Å². The minimum absolute atomic E-state index is 0.162. The van der Waals surface area contributed by atoms with Crippen molar-refractivity contribution < 1.29 is 9.38 Å². The molecule has 6 heteroatoms. The second kappa shape index (κ2) is 5.43. The van der Waals surface area contributed by atoms with Crippen molar-refractivity contribution >= 4 is 17.6 Å². The molecule has 0 aliphatic carbocycles. The molecule has 0 aliphatic rings. The first-order chi connectivity index (χ1) is 9.04. The van der Waals surface area contributed by atoms with Crippen molar-refractivity contribution in [3.05, 3.63) is 47.5 Å². The summed E-state index contributed by atoms with van der Waals surface area (Å²) in [6.45, 7) is 3.72. The molecule has 0 spiro atoms. The zero-order chi connectivity index (χ0) is 13.8. The number of aryl methyl sites for hydroxylation is 2. The highest BCUT2D eigenvalue weighted by Crippen LogP contribution is 2.10. The third kappa shape index (κ3) is 3.48. The first-order valence-electron chi connectivity index (χ1n) is 5.78. The van der Waals surface area contributed by atoms with Gasteiger partial charge in [-0.2, -0.15) is 0 Å². The second-order valence-corrected chi connectivity index (χ2v) is 4.12. The normalized spacial score (nSPS) is 11.4. The Morgan fingerprint density at radius 3 is 2.47 bits per heavy atom. The number of rotatable bonds is 2. The Hall–Kier alpha value is -2.50. The van der Waals surface area contributed by atoms with Gasteiger partial charge in [-0.15, -0.1) is 9.97 Å². The van der Waals surface area contributed by atoms with Crippen LogP contribution in [-0.4, -0.2) is 15.9 Å². The molecule has 0 amide bonds. The summed E-state index contributed by atoms with van der Waals surface area (Å²) < 4.78 is 13.4. The van der Waals surface area contributed by atoms with E-state index >= 15 is 0 Å². The lowest BCUT2D eigenvalue weighted by atomic mass is 10.3. The van der Waals surface area contributed by atoms with Crippen LogP contribution in [-0.2, 0) is 0 Å². The van der Waals surface area contributed by atoms with Crippen LogP contribution in [0.1, 0.15) is 11.4 Å². The maximum absolute atomic E-state index is 13.4. The van der Waals surface area contributed by atoms with E-state index in [-0.39, 0.29) is 17.5 Å². The molecule has 0 atom stereocenters. The smallest absolute Gasteiger partial charge is 0.322 e. The lowest BCUT2D eigenvalue weighted by molar-refractivity contribution is -0.365. The summed E-state index contributed by atoms with van der Waals surface area (Å²) in [4.78, 5) is 11.2. The van der Waals surface area contributed by atoms with Gasteiger partial charge >= 0.3 is 5.95 Å². The van der Waals surface area contributed by atoms with Crippen LogP contribution in [0.25, 0.3) is 0 Å². The minimum atomic E-state index is -0.381. The van der Waals surface area contributed by atoms with Gasteiger partial charge in [0, 0.05) is 6.07 Å². The van der Waals surface area contributed by atoms with E-state index < -0.39 is 0 Å². The quantitative estimate of drug-likeness (QED) is 0.538. The van der Waals surface area contributed by atoms with Crippen molar-refractivity contribution in [1.82, 2.24) is 9.97 Å². The molecule has 0 fully saturated rings. The van der Waals surface area contributed by atoms with Gasteiger partial charge in [0.05, 0.1) is 11.4 Å². The van der Waals surface area contributed by atoms with Gasteiger partial charge in [0.25, 0.3) is 5.96 Å². The topological polar surface area (TPSA) is 77.8 Å². The van der Waals surface area contributed by atoms with Crippen LogP contribution >= 0.6 is 0 Å². The Morgan fingerprint density at radius 1 is 1.21 bits per heavy atom. The highest BCUT2D eigenvalue weighted by Gasteiger charge is 2.07. The highest BCUT2D eigenvalue weighted by atomic mass is 19.1. The molecule has 0 saturated carbocycles. The summed E-state index contributed by atoms with van der Waals surface area (Å²) in [5, 5.41) is 2.73. The second-order valence-electron chi connectivity index (χ2n) is 4.12. The molecule has 4 N–H and O–H groups in total. The molecule has 19 heavy (non-hydrogen) atoms.